The number of benzene rings is 3. The van der Waals surface area contributed by atoms with E-state index in [1.54, 1.807) is 54.6 Å². The molecule has 33 heavy (non-hydrogen) atoms. The average molecular weight is 463 g/mol. The van der Waals surface area contributed by atoms with Crippen LogP contribution in [-0.2, 0) is 9.59 Å². The third-order valence-corrected chi connectivity index (χ3v) is 6.34. The number of nitrogens with one attached hydrogen (secondary N) is 1. The minimum absolute atomic E-state index is 0.0533. The minimum atomic E-state index is -0.605. The highest BCUT2D eigenvalue weighted by molar-refractivity contribution is 8.00. The molecule has 1 heterocycles. The van der Waals surface area contributed by atoms with Crippen molar-refractivity contribution in [3.8, 4) is 0 Å². The number of ketones is 1. The number of thioether (sulfide) groups is 1. The molecule has 1 saturated heterocycles. The number of hydrogen-bond acceptors (Lipinski definition) is 5. The molecule has 6 nitrogen and oxygen atoms in total. The lowest BCUT2D eigenvalue weighted by Gasteiger charge is -2.15. The molecule has 1 atom stereocenters. The summed E-state index contributed by atoms with van der Waals surface area (Å²) in [6.07, 6.45) is 0.0593. The van der Waals surface area contributed by atoms with Crippen molar-refractivity contribution in [3.05, 3.63) is 89.7 Å². The number of Topliss-reactive ketones (excluding diaryl/α,β-unsaturated/α-hetero) is 1. The number of hydrogen-bond donors (Lipinski definition) is 1. The van der Waals surface area contributed by atoms with Crippen molar-refractivity contribution in [3.63, 3.8) is 0 Å². The summed E-state index contributed by atoms with van der Waals surface area (Å²) >= 11 is 1.26. The number of nitrogens with zero attached hydrogens (tertiary/aromatic N) is 1. The maximum atomic E-state index is 13.8. The van der Waals surface area contributed by atoms with Gasteiger partial charge in [-0.15, -0.1) is 11.8 Å². The van der Waals surface area contributed by atoms with E-state index >= 15 is 0 Å². The highest BCUT2D eigenvalue weighted by atomic mass is 32.2. The van der Waals surface area contributed by atoms with Gasteiger partial charge in [-0.05, 0) is 67.6 Å². The van der Waals surface area contributed by atoms with E-state index in [-0.39, 0.29) is 29.6 Å². The molecule has 166 valence electrons. The molecule has 8 heteroatoms. The monoisotopic (exact) mass is 462 g/mol. The molecule has 1 aliphatic heterocycles. The second-order valence-corrected chi connectivity index (χ2v) is 8.72. The van der Waals surface area contributed by atoms with Crippen molar-refractivity contribution in [1.82, 2.24) is 0 Å². The van der Waals surface area contributed by atoms with Crippen molar-refractivity contribution >= 4 is 46.6 Å². The van der Waals surface area contributed by atoms with E-state index < -0.39 is 17.0 Å². The Hall–Kier alpha value is -3.78. The molecule has 1 N–H and O–H groups in total. The quantitative estimate of drug-likeness (QED) is 0.424. The molecule has 1 fully saturated rings. The molecule has 0 saturated carbocycles. The van der Waals surface area contributed by atoms with Crippen LogP contribution in [0.2, 0.25) is 0 Å². The standard InChI is InChI=1S/C25H19FN2O4S/c1-15(29)16-6-10-18(11-7-16)28-23(30)14-22(25(28)32)33-19-12-8-17(9-13-19)27-24(31)20-4-2-3-5-21(20)26/h2-13,22H,14H2,1H3,(H,27,31). The zero-order valence-corrected chi connectivity index (χ0v) is 18.4. The Morgan fingerprint density at radius 1 is 0.970 bits per heavy atom. The predicted octanol–water partition coefficient (Wildman–Crippen LogP) is 4.70. The zero-order valence-electron chi connectivity index (χ0n) is 17.6. The van der Waals surface area contributed by atoms with Crippen LogP contribution in [-0.4, -0.2) is 28.8 Å². The van der Waals surface area contributed by atoms with Gasteiger partial charge in [-0.2, -0.15) is 0 Å². The second-order valence-electron chi connectivity index (χ2n) is 7.44. The fraction of sp³-hybridized carbons (Fsp3) is 0.120. The third-order valence-electron chi connectivity index (χ3n) is 5.15. The van der Waals surface area contributed by atoms with Crippen LogP contribution in [0.4, 0.5) is 15.8 Å². The van der Waals surface area contributed by atoms with Gasteiger partial charge in [0, 0.05) is 22.6 Å². The summed E-state index contributed by atoms with van der Waals surface area (Å²) < 4.78 is 13.8. The summed E-state index contributed by atoms with van der Waals surface area (Å²) in [4.78, 5) is 50.9. The van der Waals surface area contributed by atoms with Crippen LogP contribution in [0.25, 0.3) is 0 Å². The van der Waals surface area contributed by atoms with Crippen LogP contribution >= 0.6 is 11.8 Å². The normalized spacial score (nSPS) is 15.6. The smallest absolute Gasteiger partial charge is 0.258 e. The van der Waals surface area contributed by atoms with Crippen molar-refractivity contribution in [2.75, 3.05) is 10.2 Å². The van der Waals surface area contributed by atoms with Gasteiger partial charge in [0.25, 0.3) is 5.91 Å². The van der Waals surface area contributed by atoms with E-state index in [1.807, 2.05) is 0 Å². The van der Waals surface area contributed by atoms with Crippen molar-refractivity contribution < 1.29 is 23.6 Å². The molecule has 3 aromatic rings. The van der Waals surface area contributed by atoms with Gasteiger partial charge in [0.2, 0.25) is 11.8 Å². The van der Waals surface area contributed by atoms with Crippen LogP contribution < -0.4 is 10.2 Å². The second kappa shape index (κ2) is 9.38. The van der Waals surface area contributed by atoms with E-state index in [1.165, 1.54) is 36.9 Å². The van der Waals surface area contributed by atoms with Gasteiger partial charge < -0.3 is 5.32 Å². The summed E-state index contributed by atoms with van der Waals surface area (Å²) in [5.74, 6) is -1.88. The van der Waals surface area contributed by atoms with Crippen LogP contribution in [0.5, 0.6) is 0 Å². The van der Waals surface area contributed by atoms with Gasteiger partial charge in [-0.25, -0.2) is 9.29 Å². The van der Waals surface area contributed by atoms with E-state index in [2.05, 4.69) is 5.32 Å². The lowest BCUT2D eigenvalue weighted by Crippen LogP contribution is -2.31. The van der Waals surface area contributed by atoms with Crippen molar-refractivity contribution in [2.24, 2.45) is 0 Å². The lowest BCUT2D eigenvalue weighted by molar-refractivity contribution is -0.121. The molecule has 3 amide bonds. The molecule has 1 aliphatic rings. The van der Waals surface area contributed by atoms with E-state index in [0.29, 0.717) is 16.9 Å². The number of amides is 3. The fourth-order valence-electron chi connectivity index (χ4n) is 3.44. The summed E-state index contributed by atoms with van der Waals surface area (Å²) in [5, 5.41) is 2.06. The van der Waals surface area contributed by atoms with Crippen LogP contribution in [0, 0.1) is 5.82 Å². The lowest BCUT2D eigenvalue weighted by atomic mass is 10.1. The van der Waals surface area contributed by atoms with E-state index in [0.717, 1.165) is 9.80 Å². The number of rotatable bonds is 6. The topological polar surface area (TPSA) is 83.6 Å². The summed E-state index contributed by atoms with van der Waals surface area (Å²) in [5.41, 5.74) is 1.37. The van der Waals surface area contributed by atoms with Crippen LogP contribution in [0.1, 0.15) is 34.1 Å². The number of anilines is 2. The third kappa shape index (κ3) is 4.85. The van der Waals surface area contributed by atoms with Gasteiger partial charge in [0.1, 0.15) is 5.82 Å². The Morgan fingerprint density at radius 3 is 2.27 bits per heavy atom. The molecule has 0 bridgehead atoms. The molecule has 0 aliphatic carbocycles. The predicted molar refractivity (Wildman–Crippen MR) is 124 cm³/mol. The summed E-state index contributed by atoms with van der Waals surface area (Å²) in [6.45, 7) is 1.45. The van der Waals surface area contributed by atoms with E-state index in [9.17, 15) is 23.6 Å². The maximum absolute atomic E-state index is 13.8. The Morgan fingerprint density at radius 2 is 1.64 bits per heavy atom. The Bertz CT molecular complexity index is 1240. The van der Waals surface area contributed by atoms with Gasteiger partial charge in [0.05, 0.1) is 16.5 Å². The summed E-state index contributed by atoms with van der Waals surface area (Å²) in [7, 11) is 0. The molecule has 1 unspecified atom stereocenters. The molecule has 0 radical (unpaired) electrons. The molecular weight excluding hydrogens is 443 g/mol. The maximum Gasteiger partial charge on any atom is 0.258 e. The fourth-order valence-corrected chi connectivity index (χ4v) is 4.49. The first kappa shape index (κ1) is 22.4. The van der Waals surface area contributed by atoms with Gasteiger partial charge in [0.15, 0.2) is 5.78 Å². The van der Waals surface area contributed by atoms with Gasteiger partial charge >= 0.3 is 0 Å². The average Bonchev–Trinajstić information content (AvgIpc) is 3.08. The molecule has 4 rings (SSSR count). The number of halogens is 1. The Kier molecular flexibility index (Phi) is 6.37. The first-order chi connectivity index (χ1) is 15.8. The molecule has 0 aromatic heterocycles. The largest absolute Gasteiger partial charge is 0.322 e. The Balaban J connectivity index is 1.41. The first-order valence-corrected chi connectivity index (χ1v) is 11.0. The van der Waals surface area contributed by atoms with Crippen LogP contribution in [0.15, 0.2) is 77.7 Å². The van der Waals surface area contributed by atoms with Crippen LogP contribution in [0.3, 0.4) is 0 Å². The highest BCUT2D eigenvalue weighted by Crippen LogP contribution is 2.34. The minimum Gasteiger partial charge on any atom is -0.322 e. The van der Waals surface area contributed by atoms with Crippen molar-refractivity contribution in [1.29, 1.82) is 0 Å². The number of carbonyl (C=O) groups is 4. The SMILES string of the molecule is CC(=O)c1ccc(N2C(=O)CC(Sc3ccc(NC(=O)c4ccccc4F)cc3)C2=O)cc1. The summed E-state index contributed by atoms with van der Waals surface area (Å²) in [6, 6.07) is 18.8. The Labute approximate surface area is 193 Å². The molecule has 0 spiro atoms. The van der Waals surface area contributed by atoms with E-state index in [4.69, 9.17) is 0 Å². The van der Waals surface area contributed by atoms with Gasteiger partial charge in [-0.1, -0.05) is 12.1 Å². The first-order valence-electron chi connectivity index (χ1n) is 10.1. The highest BCUT2D eigenvalue weighted by Gasteiger charge is 2.40. The molecular formula is C25H19FN2O4S. The zero-order chi connectivity index (χ0) is 23.5. The van der Waals surface area contributed by atoms with Crippen molar-refractivity contribution in [2.45, 2.75) is 23.5 Å². The number of carbonyl (C=O) groups excluding carboxylic acids is 4. The molecule has 3 aromatic carbocycles. The number of imide groups is 1. The van der Waals surface area contributed by atoms with Gasteiger partial charge in [-0.3, -0.25) is 19.2 Å².